The molecule has 1 heterocycles. The van der Waals surface area contributed by atoms with Gasteiger partial charge in [0.25, 0.3) is 0 Å². The van der Waals surface area contributed by atoms with Crippen LogP contribution in [0.4, 0.5) is 5.69 Å². The van der Waals surface area contributed by atoms with Crippen molar-refractivity contribution < 1.29 is 19.1 Å². The minimum Gasteiger partial charge on any atom is -0.466 e. The lowest BCUT2D eigenvalue weighted by molar-refractivity contribution is -0.139. The first-order chi connectivity index (χ1) is 17.4. The van der Waals surface area contributed by atoms with Crippen molar-refractivity contribution in [2.75, 3.05) is 19.1 Å². The molecule has 7 heteroatoms. The Morgan fingerprint density at radius 3 is 2.06 bits per heavy atom. The summed E-state index contributed by atoms with van der Waals surface area (Å²) in [4.78, 5) is 28.0. The van der Waals surface area contributed by atoms with E-state index in [9.17, 15) is 14.9 Å². The van der Waals surface area contributed by atoms with E-state index < -0.39 is 17.9 Å². The first-order valence-electron chi connectivity index (χ1n) is 11.2. The van der Waals surface area contributed by atoms with Gasteiger partial charge in [-0.1, -0.05) is 72.8 Å². The maximum atomic E-state index is 13.3. The van der Waals surface area contributed by atoms with Gasteiger partial charge in [-0.15, -0.1) is 0 Å². The van der Waals surface area contributed by atoms with Gasteiger partial charge in [0.15, 0.2) is 0 Å². The molecule has 7 nitrogen and oxygen atoms in total. The summed E-state index contributed by atoms with van der Waals surface area (Å²) in [6.07, 6.45) is 0. The van der Waals surface area contributed by atoms with Crippen LogP contribution in [0, 0.1) is 18.3 Å². The smallest absolute Gasteiger partial charge is 0.355 e. The predicted octanol–water partition coefficient (Wildman–Crippen LogP) is 4.56. The fourth-order valence-corrected chi connectivity index (χ4v) is 4.54. The van der Waals surface area contributed by atoms with Gasteiger partial charge in [0.05, 0.1) is 43.0 Å². The SMILES string of the molecule is COC(=O)C1=C(C(=O)OC)N(c2ccccc2-c2ccccc2C)C(N)=C(C#N)C1c1ccccc1. The molecular weight excluding hydrogens is 454 g/mol. The monoisotopic (exact) mass is 479 g/mol. The molecule has 0 spiro atoms. The van der Waals surface area contributed by atoms with Crippen LogP contribution in [0.3, 0.4) is 0 Å². The molecule has 0 fully saturated rings. The number of nitrogens with zero attached hydrogens (tertiary/aromatic N) is 2. The third kappa shape index (κ3) is 4.10. The summed E-state index contributed by atoms with van der Waals surface area (Å²) < 4.78 is 10.2. The van der Waals surface area contributed by atoms with E-state index in [1.165, 1.54) is 19.1 Å². The van der Waals surface area contributed by atoms with E-state index in [0.29, 0.717) is 11.3 Å². The number of nitrogens with two attached hydrogens (primary N) is 1. The van der Waals surface area contributed by atoms with E-state index in [0.717, 1.165) is 16.7 Å². The number of allylic oxidation sites excluding steroid dienone is 1. The fourth-order valence-electron chi connectivity index (χ4n) is 4.54. The minimum atomic E-state index is -0.917. The lowest BCUT2D eigenvalue weighted by Crippen LogP contribution is -2.41. The second-order valence-electron chi connectivity index (χ2n) is 8.17. The number of methoxy groups -OCH3 is 2. The molecule has 0 radical (unpaired) electrons. The van der Waals surface area contributed by atoms with Crippen molar-refractivity contribution in [2.45, 2.75) is 12.8 Å². The largest absolute Gasteiger partial charge is 0.466 e. The highest BCUT2D eigenvalue weighted by atomic mass is 16.5. The van der Waals surface area contributed by atoms with Gasteiger partial charge in [0, 0.05) is 5.56 Å². The van der Waals surface area contributed by atoms with Crippen LogP contribution in [0.2, 0.25) is 0 Å². The Balaban J connectivity index is 2.10. The van der Waals surface area contributed by atoms with Crippen LogP contribution >= 0.6 is 0 Å². The molecule has 180 valence electrons. The number of carbonyl (C=O) groups is 2. The van der Waals surface area contributed by atoms with Gasteiger partial charge in [0.1, 0.15) is 11.5 Å². The number of anilines is 1. The Morgan fingerprint density at radius 1 is 0.861 bits per heavy atom. The number of rotatable bonds is 5. The average Bonchev–Trinajstić information content (AvgIpc) is 2.92. The van der Waals surface area contributed by atoms with Crippen LogP contribution in [-0.2, 0) is 19.1 Å². The van der Waals surface area contributed by atoms with Crippen LogP contribution in [0.1, 0.15) is 17.0 Å². The van der Waals surface area contributed by atoms with Crippen LogP contribution in [0.25, 0.3) is 11.1 Å². The Bertz CT molecular complexity index is 1430. The van der Waals surface area contributed by atoms with Crippen molar-refractivity contribution in [3.8, 4) is 17.2 Å². The summed E-state index contributed by atoms with van der Waals surface area (Å²) in [5, 5.41) is 10.2. The minimum absolute atomic E-state index is 0.0270. The summed E-state index contributed by atoms with van der Waals surface area (Å²) in [5.74, 6) is -2.43. The molecule has 0 saturated heterocycles. The second kappa shape index (κ2) is 10.2. The number of esters is 2. The molecule has 0 bridgehead atoms. The first-order valence-corrected chi connectivity index (χ1v) is 11.2. The standard InChI is InChI=1S/C29H25N3O4/c1-18-11-7-8-14-20(18)21-15-9-10-16-23(21)32-26(29(34)36-3)25(28(33)35-2)24(22(17-30)27(32)31)19-12-5-4-6-13-19/h4-16,24H,31H2,1-3H3. The third-order valence-electron chi connectivity index (χ3n) is 6.19. The highest BCUT2D eigenvalue weighted by molar-refractivity contribution is 6.07. The lowest BCUT2D eigenvalue weighted by Gasteiger charge is -2.36. The number of carbonyl (C=O) groups excluding carboxylic acids is 2. The molecular formula is C29H25N3O4. The molecule has 0 aromatic heterocycles. The molecule has 0 saturated carbocycles. The summed E-state index contributed by atoms with van der Waals surface area (Å²) in [6.45, 7) is 1.98. The highest BCUT2D eigenvalue weighted by Crippen LogP contribution is 2.45. The Labute approximate surface area is 209 Å². The van der Waals surface area contributed by atoms with Crippen molar-refractivity contribution in [2.24, 2.45) is 5.73 Å². The number of benzene rings is 3. The van der Waals surface area contributed by atoms with Gasteiger partial charge in [-0.05, 0) is 29.7 Å². The third-order valence-corrected chi connectivity index (χ3v) is 6.19. The summed E-state index contributed by atoms with van der Waals surface area (Å²) in [5.41, 5.74) is 10.5. The van der Waals surface area contributed by atoms with E-state index >= 15 is 0 Å². The van der Waals surface area contributed by atoms with Crippen LogP contribution in [0.15, 0.2) is 102 Å². The van der Waals surface area contributed by atoms with Crippen molar-refractivity contribution >= 4 is 17.6 Å². The number of hydrogen-bond acceptors (Lipinski definition) is 7. The number of ether oxygens (including phenoxy) is 2. The zero-order valence-electron chi connectivity index (χ0n) is 20.2. The van der Waals surface area contributed by atoms with Gasteiger partial charge in [0.2, 0.25) is 0 Å². The lowest BCUT2D eigenvalue weighted by atomic mass is 9.80. The number of hydrogen-bond donors (Lipinski definition) is 1. The van der Waals surface area contributed by atoms with E-state index in [1.807, 2.05) is 49.4 Å². The molecule has 1 aliphatic rings. The van der Waals surface area contributed by atoms with Crippen LogP contribution < -0.4 is 10.6 Å². The van der Waals surface area contributed by atoms with E-state index in [2.05, 4.69) is 6.07 Å². The van der Waals surface area contributed by atoms with Gasteiger partial charge in [-0.2, -0.15) is 5.26 Å². The summed E-state index contributed by atoms with van der Waals surface area (Å²) >= 11 is 0. The average molecular weight is 480 g/mol. The number of para-hydroxylation sites is 1. The summed E-state index contributed by atoms with van der Waals surface area (Å²) in [6, 6.07) is 26.2. The molecule has 3 aromatic rings. The summed E-state index contributed by atoms with van der Waals surface area (Å²) in [7, 11) is 2.46. The normalized spacial score (nSPS) is 15.4. The molecule has 0 amide bonds. The van der Waals surface area contributed by atoms with Crippen molar-refractivity contribution in [1.29, 1.82) is 5.26 Å². The Kier molecular flexibility index (Phi) is 6.88. The zero-order chi connectivity index (χ0) is 25.8. The second-order valence-corrected chi connectivity index (χ2v) is 8.17. The van der Waals surface area contributed by atoms with Crippen molar-refractivity contribution in [1.82, 2.24) is 0 Å². The van der Waals surface area contributed by atoms with Gasteiger partial charge in [-0.3, -0.25) is 4.90 Å². The number of nitriles is 1. The quantitative estimate of drug-likeness (QED) is 0.535. The molecule has 1 unspecified atom stereocenters. The molecule has 0 aliphatic carbocycles. The fraction of sp³-hybridized carbons (Fsp3) is 0.138. The molecule has 2 N–H and O–H groups in total. The van der Waals surface area contributed by atoms with Crippen LogP contribution in [-0.4, -0.2) is 26.2 Å². The van der Waals surface area contributed by atoms with Gasteiger partial charge in [-0.25, -0.2) is 9.59 Å². The van der Waals surface area contributed by atoms with Crippen molar-refractivity contribution in [3.63, 3.8) is 0 Å². The Morgan fingerprint density at radius 2 is 1.44 bits per heavy atom. The predicted molar refractivity (Wildman–Crippen MR) is 136 cm³/mol. The van der Waals surface area contributed by atoms with E-state index in [4.69, 9.17) is 15.2 Å². The van der Waals surface area contributed by atoms with E-state index in [1.54, 1.807) is 36.4 Å². The molecule has 4 rings (SSSR count). The number of aryl methyl sites for hydroxylation is 1. The van der Waals surface area contributed by atoms with Gasteiger partial charge >= 0.3 is 11.9 Å². The molecule has 3 aromatic carbocycles. The van der Waals surface area contributed by atoms with E-state index in [-0.39, 0.29) is 22.7 Å². The zero-order valence-corrected chi connectivity index (χ0v) is 20.2. The highest BCUT2D eigenvalue weighted by Gasteiger charge is 2.43. The van der Waals surface area contributed by atoms with Gasteiger partial charge < -0.3 is 15.2 Å². The molecule has 1 atom stereocenters. The molecule has 36 heavy (non-hydrogen) atoms. The van der Waals surface area contributed by atoms with Crippen molar-refractivity contribution in [3.05, 3.63) is 113 Å². The maximum absolute atomic E-state index is 13.3. The topological polar surface area (TPSA) is 106 Å². The first kappa shape index (κ1) is 24.3. The molecule has 1 aliphatic heterocycles. The Hall–Kier alpha value is -4.83. The maximum Gasteiger partial charge on any atom is 0.355 e. The van der Waals surface area contributed by atoms with Crippen LogP contribution in [0.5, 0.6) is 0 Å².